The number of methoxy groups -OCH3 is 1. The highest BCUT2D eigenvalue weighted by atomic mass is 19.1. The van der Waals surface area contributed by atoms with E-state index in [1.165, 1.54) is 25.3 Å². The van der Waals surface area contributed by atoms with E-state index in [4.69, 9.17) is 4.74 Å². The standard InChI is InChI=1S/C11H12FNO2/c1-11(2,13-7-14)8-4-5-10(15-3)9(12)6-8/h4-6H,1-3H3. The normalized spacial score (nSPS) is 10.7. The molecule has 1 rings (SSSR count). The number of carbonyl (C=O) groups excluding carboxylic acids is 1. The average Bonchev–Trinajstić information content (AvgIpc) is 2.17. The first-order valence-electron chi connectivity index (χ1n) is 4.44. The number of ether oxygens (including phenoxy) is 1. The van der Waals surface area contributed by atoms with Crippen LogP contribution in [0.25, 0.3) is 0 Å². The monoisotopic (exact) mass is 209 g/mol. The highest BCUT2D eigenvalue weighted by Gasteiger charge is 2.20. The second-order valence-electron chi connectivity index (χ2n) is 3.61. The molecule has 0 aromatic heterocycles. The number of isocyanates is 1. The molecule has 1 aromatic rings. The van der Waals surface area contributed by atoms with E-state index < -0.39 is 11.4 Å². The Morgan fingerprint density at radius 3 is 2.60 bits per heavy atom. The molecule has 0 N–H and O–H groups in total. The first-order valence-corrected chi connectivity index (χ1v) is 4.44. The first kappa shape index (κ1) is 11.4. The van der Waals surface area contributed by atoms with Crippen molar-refractivity contribution in [2.24, 2.45) is 4.99 Å². The summed E-state index contributed by atoms with van der Waals surface area (Å²) in [6.45, 7) is 3.41. The number of halogens is 1. The molecule has 0 unspecified atom stereocenters. The molecular formula is C11H12FNO2. The van der Waals surface area contributed by atoms with Gasteiger partial charge in [-0.1, -0.05) is 6.07 Å². The summed E-state index contributed by atoms with van der Waals surface area (Å²) in [4.78, 5) is 13.8. The van der Waals surface area contributed by atoms with E-state index in [1.54, 1.807) is 19.9 Å². The summed E-state index contributed by atoms with van der Waals surface area (Å²) in [5, 5.41) is 0. The third-order valence-electron chi connectivity index (χ3n) is 2.18. The molecule has 1 aromatic carbocycles. The zero-order chi connectivity index (χ0) is 11.5. The Bertz CT molecular complexity index is 409. The number of hydrogen-bond acceptors (Lipinski definition) is 3. The minimum Gasteiger partial charge on any atom is -0.494 e. The molecule has 0 amide bonds. The van der Waals surface area contributed by atoms with Gasteiger partial charge >= 0.3 is 0 Å². The van der Waals surface area contributed by atoms with Crippen LogP contribution in [0, 0.1) is 5.82 Å². The van der Waals surface area contributed by atoms with Gasteiger partial charge in [0.25, 0.3) is 0 Å². The first-order chi connectivity index (χ1) is 7.01. The second kappa shape index (κ2) is 4.24. The summed E-state index contributed by atoms with van der Waals surface area (Å²) in [6, 6.07) is 4.48. The smallest absolute Gasteiger partial charge is 0.235 e. The van der Waals surface area contributed by atoms with Crippen molar-refractivity contribution in [2.45, 2.75) is 19.4 Å². The zero-order valence-electron chi connectivity index (χ0n) is 8.87. The minimum atomic E-state index is -0.769. The lowest BCUT2D eigenvalue weighted by atomic mass is 9.95. The molecule has 0 saturated heterocycles. The molecule has 0 spiro atoms. The van der Waals surface area contributed by atoms with Crippen LogP contribution in [0.2, 0.25) is 0 Å². The molecule has 3 nitrogen and oxygen atoms in total. The van der Waals surface area contributed by atoms with E-state index in [9.17, 15) is 9.18 Å². The van der Waals surface area contributed by atoms with Gasteiger partial charge in [0.2, 0.25) is 6.08 Å². The fourth-order valence-corrected chi connectivity index (χ4v) is 1.23. The third kappa shape index (κ3) is 2.42. The summed E-state index contributed by atoms with van der Waals surface area (Å²) in [5.41, 5.74) is -0.168. The molecule has 0 saturated carbocycles. The van der Waals surface area contributed by atoms with E-state index in [-0.39, 0.29) is 5.75 Å². The lowest BCUT2D eigenvalue weighted by molar-refractivity contribution is 0.385. The SMILES string of the molecule is COc1ccc(C(C)(C)N=C=O)cc1F. The summed E-state index contributed by atoms with van der Waals surface area (Å²) in [6.07, 6.45) is 1.48. The van der Waals surface area contributed by atoms with E-state index in [1.807, 2.05) is 0 Å². The lowest BCUT2D eigenvalue weighted by Crippen LogP contribution is -2.13. The Kier molecular flexibility index (Phi) is 3.22. The van der Waals surface area contributed by atoms with Crippen LogP contribution in [-0.4, -0.2) is 13.2 Å². The molecule has 80 valence electrons. The van der Waals surface area contributed by atoms with Crippen molar-refractivity contribution in [3.8, 4) is 5.75 Å². The van der Waals surface area contributed by atoms with Gasteiger partial charge in [-0.3, -0.25) is 0 Å². The van der Waals surface area contributed by atoms with E-state index in [0.717, 1.165) is 0 Å². The number of hydrogen-bond donors (Lipinski definition) is 0. The summed E-state index contributed by atoms with van der Waals surface area (Å²) in [5.74, 6) is -0.297. The van der Waals surface area contributed by atoms with Crippen molar-refractivity contribution in [3.63, 3.8) is 0 Å². The minimum absolute atomic E-state index is 0.171. The molecule has 0 aliphatic heterocycles. The Morgan fingerprint density at radius 1 is 1.47 bits per heavy atom. The molecule has 4 heteroatoms. The van der Waals surface area contributed by atoms with Gasteiger partial charge < -0.3 is 4.74 Å². The fraction of sp³-hybridized carbons (Fsp3) is 0.364. The van der Waals surface area contributed by atoms with Crippen LogP contribution in [0.5, 0.6) is 5.75 Å². The van der Waals surface area contributed by atoms with Gasteiger partial charge in [0.05, 0.1) is 12.6 Å². The van der Waals surface area contributed by atoms with Crippen molar-refractivity contribution in [2.75, 3.05) is 7.11 Å². The van der Waals surface area contributed by atoms with Crippen LogP contribution in [0.15, 0.2) is 23.2 Å². The average molecular weight is 209 g/mol. The number of aliphatic imine (C=N–C) groups is 1. The number of nitrogens with zero attached hydrogens (tertiary/aromatic N) is 1. The van der Waals surface area contributed by atoms with Gasteiger partial charge in [0.1, 0.15) is 0 Å². The van der Waals surface area contributed by atoms with Gasteiger partial charge in [-0.05, 0) is 31.5 Å². The Balaban J connectivity index is 3.17. The maximum absolute atomic E-state index is 13.4. The van der Waals surface area contributed by atoms with Crippen molar-refractivity contribution in [1.82, 2.24) is 0 Å². The molecule has 0 bridgehead atoms. The van der Waals surface area contributed by atoms with Crippen molar-refractivity contribution >= 4 is 6.08 Å². The van der Waals surface area contributed by atoms with Crippen molar-refractivity contribution < 1.29 is 13.9 Å². The van der Waals surface area contributed by atoms with Crippen LogP contribution in [0.1, 0.15) is 19.4 Å². The molecule has 0 heterocycles. The van der Waals surface area contributed by atoms with Crippen LogP contribution in [0.4, 0.5) is 4.39 Å². The van der Waals surface area contributed by atoms with Gasteiger partial charge in [0.15, 0.2) is 11.6 Å². The van der Waals surface area contributed by atoms with Gasteiger partial charge in [-0.2, -0.15) is 4.99 Å². The molecular weight excluding hydrogens is 197 g/mol. The van der Waals surface area contributed by atoms with Gasteiger partial charge in [-0.15, -0.1) is 0 Å². The summed E-state index contributed by atoms with van der Waals surface area (Å²) >= 11 is 0. The largest absolute Gasteiger partial charge is 0.494 e. The third-order valence-corrected chi connectivity index (χ3v) is 2.18. The van der Waals surface area contributed by atoms with E-state index in [2.05, 4.69) is 4.99 Å². The molecule has 0 fully saturated rings. The predicted molar refractivity (Wildman–Crippen MR) is 54.1 cm³/mol. The predicted octanol–water partition coefficient (Wildman–Crippen LogP) is 2.41. The quantitative estimate of drug-likeness (QED) is 0.566. The fourth-order valence-electron chi connectivity index (χ4n) is 1.23. The van der Waals surface area contributed by atoms with E-state index >= 15 is 0 Å². The van der Waals surface area contributed by atoms with E-state index in [0.29, 0.717) is 5.56 Å². The molecule has 0 aliphatic carbocycles. The van der Waals surface area contributed by atoms with Crippen LogP contribution < -0.4 is 4.74 Å². The maximum Gasteiger partial charge on any atom is 0.235 e. The van der Waals surface area contributed by atoms with Crippen LogP contribution >= 0.6 is 0 Å². The second-order valence-corrected chi connectivity index (χ2v) is 3.61. The Labute approximate surface area is 87.6 Å². The summed E-state index contributed by atoms with van der Waals surface area (Å²) in [7, 11) is 1.40. The van der Waals surface area contributed by atoms with Crippen molar-refractivity contribution in [1.29, 1.82) is 0 Å². The maximum atomic E-state index is 13.4. The van der Waals surface area contributed by atoms with Crippen LogP contribution in [0.3, 0.4) is 0 Å². The topological polar surface area (TPSA) is 38.7 Å². The molecule has 0 atom stereocenters. The van der Waals surface area contributed by atoms with Crippen LogP contribution in [-0.2, 0) is 10.3 Å². The number of rotatable bonds is 3. The van der Waals surface area contributed by atoms with Crippen molar-refractivity contribution in [3.05, 3.63) is 29.6 Å². The molecule has 15 heavy (non-hydrogen) atoms. The highest BCUT2D eigenvalue weighted by molar-refractivity contribution is 5.39. The zero-order valence-corrected chi connectivity index (χ0v) is 8.87. The molecule has 0 aliphatic rings. The number of benzene rings is 1. The van der Waals surface area contributed by atoms with Gasteiger partial charge in [-0.25, -0.2) is 9.18 Å². The lowest BCUT2D eigenvalue weighted by Gasteiger charge is -2.18. The highest BCUT2D eigenvalue weighted by Crippen LogP contribution is 2.28. The summed E-state index contributed by atoms with van der Waals surface area (Å²) < 4.78 is 18.1. The van der Waals surface area contributed by atoms with Gasteiger partial charge in [0, 0.05) is 0 Å². The Morgan fingerprint density at radius 2 is 2.13 bits per heavy atom. The molecule has 0 radical (unpaired) electrons. The Hall–Kier alpha value is -1.67.